The summed E-state index contributed by atoms with van der Waals surface area (Å²) in [7, 11) is 0. The molecule has 2 N–H and O–H groups in total. The molecule has 0 fully saturated rings. The summed E-state index contributed by atoms with van der Waals surface area (Å²) >= 11 is 12.1. The van der Waals surface area contributed by atoms with Crippen LogP contribution >= 0.6 is 23.2 Å². The molecule has 0 bridgehead atoms. The number of fused-ring (bicyclic) bond motifs is 1. The van der Waals surface area contributed by atoms with E-state index in [1.807, 2.05) is 43.3 Å². The molecule has 6 heteroatoms. The van der Waals surface area contributed by atoms with Gasteiger partial charge >= 0.3 is 0 Å². The second-order valence-corrected chi connectivity index (χ2v) is 7.09. The number of anilines is 1. The van der Waals surface area contributed by atoms with Gasteiger partial charge in [-0.15, -0.1) is 0 Å². The maximum atomic E-state index is 12.3. The van der Waals surface area contributed by atoms with Crippen molar-refractivity contribution in [3.05, 3.63) is 81.8 Å². The molecule has 0 atom stereocenters. The van der Waals surface area contributed by atoms with Crippen LogP contribution in [0.3, 0.4) is 0 Å². The van der Waals surface area contributed by atoms with Gasteiger partial charge in [0.15, 0.2) is 0 Å². The van der Waals surface area contributed by atoms with E-state index in [1.54, 1.807) is 24.3 Å². The number of hydrogen-bond acceptors (Lipinski definition) is 2. The van der Waals surface area contributed by atoms with Gasteiger partial charge in [0.2, 0.25) is 0 Å². The normalized spacial score (nSPS) is 10.9. The largest absolute Gasteiger partial charge is 0.338 e. The predicted molar refractivity (Wildman–Crippen MR) is 111 cm³/mol. The van der Waals surface area contributed by atoms with Gasteiger partial charge in [0.05, 0.1) is 11.0 Å². The molecule has 1 heterocycles. The molecule has 0 radical (unpaired) electrons. The van der Waals surface area contributed by atoms with Crippen LogP contribution in [0.25, 0.3) is 22.4 Å². The summed E-state index contributed by atoms with van der Waals surface area (Å²) < 4.78 is 0. The van der Waals surface area contributed by atoms with Gasteiger partial charge in [0.25, 0.3) is 5.91 Å². The minimum atomic E-state index is -0.209. The number of nitrogens with one attached hydrogen (secondary N) is 2. The van der Waals surface area contributed by atoms with Gasteiger partial charge in [0, 0.05) is 26.9 Å². The number of aromatic nitrogens is 2. The van der Waals surface area contributed by atoms with Crippen molar-refractivity contribution >= 4 is 45.8 Å². The summed E-state index contributed by atoms with van der Waals surface area (Å²) in [5.74, 6) is 0.540. The van der Waals surface area contributed by atoms with E-state index in [1.165, 1.54) is 0 Å². The molecule has 3 aromatic carbocycles. The van der Waals surface area contributed by atoms with Crippen molar-refractivity contribution < 1.29 is 4.79 Å². The quantitative estimate of drug-likeness (QED) is 0.440. The summed E-state index contributed by atoms with van der Waals surface area (Å²) in [5, 5.41) is 4.08. The number of aryl methyl sites for hydroxylation is 1. The van der Waals surface area contributed by atoms with E-state index in [-0.39, 0.29) is 5.91 Å². The molecule has 0 aliphatic carbocycles. The van der Waals surface area contributed by atoms with Crippen molar-refractivity contribution in [3.8, 4) is 11.4 Å². The van der Waals surface area contributed by atoms with E-state index in [2.05, 4.69) is 15.3 Å². The number of carbonyl (C=O) groups excluding carboxylic acids is 1. The molecular formula is C21H15Cl2N3O. The number of H-pyrrole nitrogens is 1. The van der Waals surface area contributed by atoms with Crippen LogP contribution in [0.1, 0.15) is 15.9 Å². The van der Waals surface area contributed by atoms with Crippen LogP contribution < -0.4 is 5.32 Å². The third-order valence-electron chi connectivity index (χ3n) is 4.27. The van der Waals surface area contributed by atoms with Gasteiger partial charge in [-0.3, -0.25) is 4.79 Å². The topological polar surface area (TPSA) is 57.8 Å². The highest BCUT2D eigenvalue weighted by Crippen LogP contribution is 2.26. The van der Waals surface area contributed by atoms with E-state index in [0.717, 1.165) is 28.0 Å². The first-order chi connectivity index (χ1) is 13.0. The van der Waals surface area contributed by atoms with Gasteiger partial charge < -0.3 is 10.3 Å². The number of imidazole rings is 1. The van der Waals surface area contributed by atoms with Crippen LogP contribution in [0.5, 0.6) is 0 Å². The Hall–Kier alpha value is -2.82. The second kappa shape index (κ2) is 7.06. The van der Waals surface area contributed by atoms with Crippen molar-refractivity contribution in [1.29, 1.82) is 0 Å². The Balaban J connectivity index is 1.56. The van der Waals surface area contributed by atoms with E-state index in [9.17, 15) is 4.79 Å². The number of aromatic amines is 1. The maximum Gasteiger partial charge on any atom is 0.255 e. The molecule has 0 saturated carbocycles. The van der Waals surface area contributed by atoms with Crippen molar-refractivity contribution in [3.63, 3.8) is 0 Å². The Kier molecular flexibility index (Phi) is 4.60. The first-order valence-electron chi connectivity index (χ1n) is 8.33. The monoisotopic (exact) mass is 395 g/mol. The second-order valence-electron chi connectivity index (χ2n) is 6.25. The molecule has 0 aliphatic heterocycles. The minimum Gasteiger partial charge on any atom is -0.338 e. The minimum absolute atomic E-state index is 0.209. The first kappa shape index (κ1) is 17.6. The molecule has 0 unspecified atom stereocenters. The number of hydrogen-bond donors (Lipinski definition) is 2. The molecule has 4 nitrogen and oxygen atoms in total. The third kappa shape index (κ3) is 3.68. The highest BCUT2D eigenvalue weighted by Gasteiger charge is 2.09. The fraction of sp³-hybridized carbons (Fsp3) is 0.0476. The van der Waals surface area contributed by atoms with Gasteiger partial charge in [0.1, 0.15) is 5.82 Å². The first-order valence-corrected chi connectivity index (χ1v) is 9.08. The molecule has 27 heavy (non-hydrogen) atoms. The fourth-order valence-electron chi connectivity index (χ4n) is 2.82. The summed E-state index contributed by atoms with van der Waals surface area (Å²) in [6.45, 7) is 1.96. The van der Waals surface area contributed by atoms with Crippen LogP contribution in [0.4, 0.5) is 5.69 Å². The van der Waals surface area contributed by atoms with Crippen LogP contribution in [-0.2, 0) is 0 Å². The summed E-state index contributed by atoms with van der Waals surface area (Å²) in [4.78, 5) is 20.2. The average molecular weight is 396 g/mol. The molecular weight excluding hydrogens is 381 g/mol. The molecule has 1 aromatic heterocycles. The molecule has 1 amide bonds. The lowest BCUT2D eigenvalue weighted by Crippen LogP contribution is -2.11. The van der Waals surface area contributed by atoms with Gasteiger partial charge in [-0.1, -0.05) is 29.3 Å². The number of amides is 1. The number of benzene rings is 3. The van der Waals surface area contributed by atoms with Crippen molar-refractivity contribution in [2.24, 2.45) is 0 Å². The highest BCUT2D eigenvalue weighted by molar-refractivity contribution is 6.32. The van der Waals surface area contributed by atoms with E-state index in [0.29, 0.717) is 21.3 Å². The van der Waals surface area contributed by atoms with Crippen molar-refractivity contribution in [1.82, 2.24) is 9.97 Å². The molecule has 4 rings (SSSR count). The van der Waals surface area contributed by atoms with Crippen LogP contribution in [0.15, 0.2) is 60.7 Å². The molecule has 0 aliphatic rings. The van der Waals surface area contributed by atoms with Crippen molar-refractivity contribution in [2.45, 2.75) is 6.92 Å². The summed E-state index contributed by atoms with van der Waals surface area (Å²) in [5.41, 5.74) is 4.87. The number of carbonyl (C=O) groups is 1. The van der Waals surface area contributed by atoms with Gasteiger partial charge in [-0.05, 0) is 67.1 Å². The zero-order chi connectivity index (χ0) is 19.0. The lowest BCUT2D eigenvalue weighted by molar-refractivity contribution is 0.102. The van der Waals surface area contributed by atoms with E-state index < -0.39 is 0 Å². The number of halogens is 2. The Labute approximate surface area is 166 Å². The lowest BCUT2D eigenvalue weighted by atomic mass is 10.1. The Morgan fingerprint density at radius 1 is 1.04 bits per heavy atom. The third-order valence-corrected chi connectivity index (χ3v) is 4.91. The van der Waals surface area contributed by atoms with Crippen LogP contribution in [0, 0.1) is 6.92 Å². The van der Waals surface area contributed by atoms with E-state index in [4.69, 9.17) is 23.2 Å². The van der Waals surface area contributed by atoms with Gasteiger partial charge in [-0.25, -0.2) is 4.98 Å². The Bertz CT molecular complexity index is 1110. The lowest BCUT2D eigenvalue weighted by Gasteiger charge is -2.06. The van der Waals surface area contributed by atoms with E-state index >= 15 is 0 Å². The Morgan fingerprint density at radius 2 is 1.81 bits per heavy atom. The summed E-state index contributed by atoms with van der Waals surface area (Å²) in [6, 6.07) is 18.1. The molecule has 0 saturated heterocycles. The van der Waals surface area contributed by atoms with Gasteiger partial charge in [-0.2, -0.15) is 0 Å². The average Bonchev–Trinajstić information content (AvgIpc) is 3.05. The van der Waals surface area contributed by atoms with Crippen LogP contribution in [0.2, 0.25) is 10.0 Å². The number of nitrogens with zero attached hydrogens (tertiary/aromatic N) is 1. The highest BCUT2D eigenvalue weighted by atomic mass is 35.5. The smallest absolute Gasteiger partial charge is 0.255 e. The zero-order valence-corrected chi connectivity index (χ0v) is 15.9. The molecule has 134 valence electrons. The van der Waals surface area contributed by atoms with Crippen molar-refractivity contribution in [2.75, 3.05) is 5.32 Å². The summed E-state index contributed by atoms with van der Waals surface area (Å²) in [6.07, 6.45) is 0. The maximum absolute atomic E-state index is 12.3. The molecule has 0 spiro atoms. The molecule has 4 aromatic rings. The zero-order valence-electron chi connectivity index (χ0n) is 14.4. The predicted octanol–water partition coefficient (Wildman–Crippen LogP) is 6.10. The Morgan fingerprint density at radius 3 is 2.56 bits per heavy atom. The number of rotatable bonds is 3. The SMILES string of the molecule is Cc1cc2[nH]c(-c3ccc(NC(=O)c4cccc(Cl)c4)cc3)nc2cc1Cl. The fourth-order valence-corrected chi connectivity index (χ4v) is 3.17. The van der Waals surface area contributed by atoms with Crippen LogP contribution in [-0.4, -0.2) is 15.9 Å². The standard InChI is InChI=1S/C21H15Cl2N3O/c1-12-9-18-19(11-17(12)23)26-20(25-18)13-5-7-16(8-6-13)24-21(27)14-3-2-4-15(22)10-14/h2-11H,1H3,(H,24,27)(H,25,26).